The molecule has 0 radical (unpaired) electrons. The van der Waals surface area contributed by atoms with E-state index in [2.05, 4.69) is 4.90 Å². The van der Waals surface area contributed by atoms with Gasteiger partial charge in [0.25, 0.3) is 0 Å². The Morgan fingerprint density at radius 3 is 2.08 bits per heavy atom. The van der Waals surface area contributed by atoms with Gasteiger partial charge in [0.2, 0.25) is 0 Å². The molecule has 0 amide bonds. The molecule has 13 heavy (non-hydrogen) atoms. The van der Waals surface area contributed by atoms with Gasteiger partial charge in [0.1, 0.15) is 0 Å². The summed E-state index contributed by atoms with van der Waals surface area (Å²) < 4.78 is 5.80. The van der Waals surface area contributed by atoms with Gasteiger partial charge in [0.05, 0.1) is 5.60 Å². The summed E-state index contributed by atoms with van der Waals surface area (Å²) in [6, 6.07) is 0. The van der Waals surface area contributed by atoms with Crippen molar-refractivity contribution < 1.29 is 4.74 Å². The van der Waals surface area contributed by atoms with Crippen molar-refractivity contribution in [3.05, 3.63) is 0 Å². The lowest BCUT2D eigenvalue weighted by Gasteiger charge is -2.39. The Morgan fingerprint density at radius 1 is 1.00 bits per heavy atom. The lowest BCUT2D eigenvalue weighted by Crippen LogP contribution is -2.51. The van der Waals surface area contributed by atoms with Crippen molar-refractivity contribution in [1.82, 2.24) is 4.90 Å². The molecule has 0 atom stereocenters. The van der Waals surface area contributed by atoms with Crippen molar-refractivity contribution in [3.8, 4) is 0 Å². The van der Waals surface area contributed by atoms with Crippen LogP contribution in [0, 0.1) is 0 Å². The Morgan fingerprint density at radius 2 is 1.62 bits per heavy atom. The molecular weight excluding hydrogens is 162 g/mol. The van der Waals surface area contributed by atoms with Crippen LogP contribution in [0.1, 0.15) is 38.5 Å². The van der Waals surface area contributed by atoms with Crippen molar-refractivity contribution in [3.63, 3.8) is 0 Å². The summed E-state index contributed by atoms with van der Waals surface area (Å²) >= 11 is 0. The molecule has 2 saturated heterocycles. The maximum absolute atomic E-state index is 5.80. The lowest BCUT2D eigenvalue weighted by molar-refractivity contribution is -0.0376. The molecule has 0 N–H and O–H groups in total. The van der Waals surface area contributed by atoms with E-state index in [0.717, 1.165) is 0 Å². The lowest BCUT2D eigenvalue weighted by atomic mass is 9.85. The molecular formula is C11H19NO. The van der Waals surface area contributed by atoms with E-state index in [0.29, 0.717) is 5.54 Å². The van der Waals surface area contributed by atoms with Gasteiger partial charge in [-0.1, -0.05) is 0 Å². The van der Waals surface area contributed by atoms with E-state index in [1.54, 1.807) is 0 Å². The zero-order chi connectivity index (χ0) is 8.94. The molecule has 2 heteroatoms. The van der Waals surface area contributed by atoms with E-state index in [9.17, 15) is 0 Å². The zero-order valence-electron chi connectivity index (χ0n) is 8.51. The van der Waals surface area contributed by atoms with Gasteiger partial charge in [0, 0.05) is 12.6 Å². The second-order valence-electron chi connectivity index (χ2n) is 4.92. The summed E-state index contributed by atoms with van der Waals surface area (Å²) in [7, 11) is 1.91. The predicted octanol–water partition coefficient (Wildman–Crippen LogP) is 1.79. The van der Waals surface area contributed by atoms with Crippen LogP contribution in [0.5, 0.6) is 0 Å². The van der Waals surface area contributed by atoms with Gasteiger partial charge in [-0.15, -0.1) is 0 Å². The minimum atomic E-state index is 0.278. The Kier molecular flexibility index (Phi) is 1.58. The number of nitrogens with zero attached hydrogens (tertiary/aromatic N) is 1. The van der Waals surface area contributed by atoms with Gasteiger partial charge in [-0.2, -0.15) is 0 Å². The summed E-state index contributed by atoms with van der Waals surface area (Å²) in [6.45, 7) is 2.65. The smallest absolute Gasteiger partial charge is 0.0863 e. The van der Waals surface area contributed by atoms with Gasteiger partial charge in [-0.3, -0.25) is 4.90 Å². The normalized spacial score (nSPS) is 34.8. The highest BCUT2D eigenvalue weighted by molar-refractivity contribution is 5.20. The molecule has 2 aliphatic heterocycles. The predicted molar refractivity (Wildman–Crippen MR) is 51.7 cm³/mol. The molecule has 1 aliphatic carbocycles. The Bertz CT molecular complexity index is 212. The fraction of sp³-hybridized carbons (Fsp3) is 1.00. The molecule has 3 aliphatic rings. The fourth-order valence-electron chi connectivity index (χ4n) is 3.82. The number of hydrogen-bond acceptors (Lipinski definition) is 2. The molecule has 0 aromatic carbocycles. The van der Waals surface area contributed by atoms with Gasteiger partial charge >= 0.3 is 0 Å². The first kappa shape index (κ1) is 8.25. The molecule has 2 nitrogen and oxygen atoms in total. The standard InChI is InChI=1S/C11H19NO/c1-13-11(6-7-11)10-4-2-8-12(10)9-3-5-10/h2-9H2,1H3. The maximum Gasteiger partial charge on any atom is 0.0863 e. The van der Waals surface area contributed by atoms with Crippen LogP contribution in [0.15, 0.2) is 0 Å². The molecule has 3 fully saturated rings. The molecule has 3 rings (SSSR count). The number of fused-ring (bicyclic) bond motifs is 1. The number of rotatable bonds is 2. The first-order valence-corrected chi connectivity index (χ1v) is 5.63. The number of ether oxygens (including phenoxy) is 1. The Labute approximate surface area is 80.2 Å². The van der Waals surface area contributed by atoms with Gasteiger partial charge in [-0.25, -0.2) is 0 Å². The third-order valence-corrected chi connectivity index (χ3v) is 4.59. The van der Waals surface area contributed by atoms with Crippen molar-refractivity contribution in [2.24, 2.45) is 0 Å². The van der Waals surface area contributed by atoms with E-state index in [1.165, 1.54) is 51.6 Å². The van der Waals surface area contributed by atoms with E-state index in [-0.39, 0.29) is 5.60 Å². The van der Waals surface area contributed by atoms with Crippen LogP contribution in [0.25, 0.3) is 0 Å². The molecule has 0 bridgehead atoms. The summed E-state index contributed by atoms with van der Waals surface area (Å²) in [4.78, 5) is 2.71. The number of hydrogen-bond donors (Lipinski definition) is 0. The van der Waals surface area contributed by atoms with Gasteiger partial charge in [-0.05, 0) is 51.6 Å². The van der Waals surface area contributed by atoms with Crippen LogP contribution in [-0.2, 0) is 4.74 Å². The highest BCUT2D eigenvalue weighted by atomic mass is 16.5. The molecule has 0 spiro atoms. The summed E-state index contributed by atoms with van der Waals surface area (Å²) in [5, 5.41) is 0. The fourth-order valence-corrected chi connectivity index (χ4v) is 3.82. The highest BCUT2D eigenvalue weighted by Crippen LogP contribution is 2.58. The van der Waals surface area contributed by atoms with Crippen LogP contribution in [-0.4, -0.2) is 36.2 Å². The van der Waals surface area contributed by atoms with Crippen molar-refractivity contribution in [2.45, 2.75) is 49.7 Å². The Hall–Kier alpha value is -0.0800. The van der Waals surface area contributed by atoms with Gasteiger partial charge in [0.15, 0.2) is 0 Å². The van der Waals surface area contributed by atoms with E-state index >= 15 is 0 Å². The van der Waals surface area contributed by atoms with Crippen molar-refractivity contribution in [1.29, 1.82) is 0 Å². The van der Waals surface area contributed by atoms with E-state index < -0.39 is 0 Å². The van der Waals surface area contributed by atoms with Gasteiger partial charge < -0.3 is 4.74 Å². The second kappa shape index (κ2) is 2.48. The third-order valence-electron chi connectivity index (χ3n) is 4.59. The second-order valence-corrected chi connectivity index (χ2v) is 4.92. The summed E-state index contributed by atoms with van der Waals surface area (Å²) in [5.74, 6) is 0. The molecule has 0 aromatic rings. The monoisotopic (exact) mass is 181 g/mol. The van der Waals surface area contributed by atoms with Crippen LogP contribution in [0.4, 0.5) is 0 Å². The largest absolute Gasteiger partial charge is 0.376 e. The molecule has 74 valence electrons. The topological polar surface area (TPSA) is 12.5 Å². The minimum absolute atomic E-state index is 0.278. The van der Waals surface area contributed by atoms with Crippen LogP contribution in [0.2, 0.25) is 0 Å². The van der Waals surface area contributed by atoms with Crippen molar-refractivity contribution in [2.75, 3.05) is 20.2 Å². The van der Waals surface area contributed by atoms with E-state index in [1.807, 2.05) is 7.11 Å². The van der Waals surface area contributed by atoms with Crippen molar-refractivity contribution >= 4 is 0 Å². The SMILES string of the molecule is COC1(C23CCCN2CCC3)CC1. The highest BCUT2D eigenvalue weighted by Gasteiger charge is 2.64. The molecule has 1 saturated carbocycles. The zero-order valence-corrected chi connectivity index (χ0v) is 8.51. The first-order valence-electron chi connectivity index (χ1n) is 5.63. The average molecular weight is 181 g/mol. The quantitative estimate of drug-likeness (QED) is 0.644. The van der Waals surface area contributed by atoms with E-state index in [4.69, 9.17) is 4.74 Å². The first-order chi connectivity index (χ1) is 6.33. The summed E-state index contributed by atoms with van der Waals surface area (Å²) in [5.41, 5.74) is 0.752. The molecule has 0 aromatic heterocycles. The Balaban J connectivity index is 1.93. The minimum Gasteiger partial charge on any atom is -0.376 e. The summed E-state index contributed by atoms with van der Waals surface area (Å²) in [6.07, 6.45) is 8.18. The average Bonchev–Trinajstić information content (AvgIpc) is 2.66. The molecule has 0 unspecified atom stereocenters. The maximum atomic E-state index is 5.80. The van der Waals surface area contributed by atoms with Crippen LogP contribution < -0.4 is 0 Å². The van der Waals surface area contributed by atoms with Crippen LogP contribution >= 0.6 is 0 Å². The number of methoxy groups -OCH3 is 1. The molecule has 2 heterocycles. The third kappa shape index (κ3) is 0.861. The van der Waals surface area contributed by atoms with Crippen LogP contribution in [0.3, 0.4) is 0 Å².